The first-order valence-electron chi connectivity index (χ1n) is 12.9. The van der Waals surface area contributed by atoms with Gasteiger partial charge in [0.15, 0.2) is 5.76 Å². The average molecular weight is 503 g/mol. The van der Waals surface area contributed by atoms with E-state index in [4.69, 9.17) is 15.0 Å². The van der Waals surface area contributed by atoms with E-state index in [1.165, 1.54) is 19.3 Å². The van der Waals surface area contributed by atoms with Gasteiger partial charge >= 0.3 is 0 Å². The Balaban J connectivity index is 1.34. The first kappa shape index (κ1) is 24.8. The number of likely N-dealkylation sites (tertiary alicyclic amines) is 1. The highest BCUT2D eigenvalue weighted by atomic mass is 16.5. The number of piperidine rings is 1. The first-order chi connectivity index (χ1) is 18.1. The van der Waals surface area contributed by atoms with Gasteiger partial charge in [-0.2, -0.15) is 15.1 Å². The predicted molar refractivity (Wildman–Crippen MR) is 143 cm³/mol. The molecule has 194 valence electrons. The van der Waals surface area contributed by atoms with Crippen LogP contribution in [0.3, 0.4) is 0 Å². The maximum atomic E-state index is 6.44. The van der Waals surface area contributed by atoms with E-state index in [0.717, 1.165) is 42.3 Å². The fourth-order valence-corrected chi connectivity index (χ4v) is 4.42. The van der Waals surface area contributed by atoms with Crippen LogP contribution in [0.2, 0.25) is 0 Å². The van der Waals surface area contributed by atoms with Crippen LogP contribution in [-0.4, -0.2) is 56.5 Å². The van der Waals surface area contributed by atoms with Gasteiger partial charge in [0.1, 0.15) is 23.7 Å². The van der Waals surface area contributed by atoms with E-state index < -0.39 is 0 Å². The molecule has 37 heavy (non-hydrogen) atoms. The van der Waals surface area contributed by atoms with Crippen LogP contribution < -0.4 is 15.8 Å². The maximum absolute atomic E-state index is 6.44. The Morgan fingerprint density at radius 1 is 1.11 bits per heavy atom. The second-order valence-electron chi connectivity index (χ2n) is 9.62. The number of anilines is 2. The van der Waals surface area contributed by atoms with Crippen molar-refractivity contribution in [2.45, 2.75) is 45.6 Å². The minimum Gasteiger partial charge on any atom is -0.476 e. The van der Waals surface area contributed by atoms with Crippen molar-refractivity contribution in [1.82, 2.24) is 30.2 Å². The smallest absolute Gasteiger partial charge is 0.230 e. The summed E-state index contributed by atoms with van der Waals surface area (Å²) < 4.78 is 11.7. The number of nitrogens with two attached hydrogens (primary N) is 1. The lowest BCUT2D eigenvalue weighted by Gasteiger charge is -2.26. The molecule has 4 heterocycles. The number of hydrogen-bond acceptors (Lipinski definition) is 9. The Morgan fingerprint density at radius 3 is 2.68 bits per heavy atom. The van der Waals surface area contributed by atoms with Crippen molar-refractivity contribution >= 4 is 11.8 Å². The zero-order valence-corrected chi connectivity index (χ0v) is 21.4. The Labute approximate surface area is 216 Å². The molecule has 0 unspecified atom stereocenters. The van der Waals surface area contributed by atoms with Crippen LogP contribution in [-0.2, 0) is 6.54 Å². The molecule has 1 aliphatic heterocycles. The molecule has 4 aromatic rings. The van der Waals surface area contributed by atoms with Gasteiger partial charge in [0.2, 0.25) is 11.8 Å². The SMILES string of the molecule is CC(C)c1cc(-c2c(N)nc(NCc3cc(-c4ccccc4)no3)nc2OCCN2CCCCC2)[nH]n1. The Morgan fingerprint density at radius 2 is 1.92 bits per heavy atom. The van der Waals surface area contributed by atoms with Gasteiger partial charge < -0.3 is 20.3 Å². The van der Waals surface area contributed by atoms with Gasteiger partial charge in [0.05, 0.1) is 17.9 Å². The Hall–Kier alpha value is -3.92. The second-order valence-corrected chi connectivity index (χ2v) is 9.62. The van der Waals surface area contributed by atoms with Crippen molar-refractivity contribution in [3.05, 3.63) is 53.9 Å². The van der Waals surface area contributed by atoms with E-state index in [2.05, 4.69) is 49.4 Å². The molecule has 10 heteroatoms. The number of aromatic amines is 1. The molecule has 5 rings (SSSR count). The standard InChI is InChI=1S/C27H34N8O2/c1-18(2)21-16-23(33-32-21)24-25(28)30-27(31-26(24)36-14-13-35-11-7-4-8-12-35)29-17-20-15-22(34-37-20)19-9-5-3-6-10-19/h3,5-6,9-10,15-16,18H,4,7-8,11-14,17H2,1-2H3,(H,32,33)(H3,28,29,30,31). The highest BCUT2D eigenvalue weighted by Crippen LogP contribution is 2.34. The molecule has 0 atom stereocenters. The molecule has 1 saturated heterocycles. The van der Waals surface area contributed by atoms with Gasteiger partial charge in [-0.3, -0.25) is 10.00 Å². The number of nitrogens with one attached hydrogen (secondary N) is 2. The van der Waals surface area contributed by atoms with E-state index in [1.54, 1.807) is 0 Å². The maximum Gasteiger partial charge on any atom is 0.230 e. The zero-order chi connectivity index (χ0) is 25.6. The number of aromatic nitrogens is 5. The summed E-state index contributed by atoms with van der Waals surface area (Å²) in [6.07, 6.45) is 3.77. The van der Waals surface area contributed by atoms with Crippen molar-refractivity contribution in [2.24, 2.45) is 0 Å². The van der Waals surface area contributed by atoms with Crippen molar-refractivity contribution in [3.8, 4) is 28.4 Å². The lowest BCUT2D eigenvalue weighted by molar-refractivity contribution is 0.181. The van der Waals surface area contributed by atoms with Gasteiger partial charge in [-0.1, -0.05) is 55.8 Å². The minimum absolute atomic E-state index is 0.277. The third kappa shape index (κ3) is 6.08. The summed E-state index contributed by atoms with van der Waals surface area (Å²) in [5, 5.41) is 14.9. The van der Waals surface area contributed by atoms with Crippen LogP contribution in [0.1, 0.15) is 50.5 Å². The zero-order valence-electron chi connectivity index (χ0n) is 21.4. The van der Waals surface area contributed by atoms with Gasteiger partial charge in [-0.05, 0) is 37.9 Å². The fraction of sp³-hybridized carbons (Fsp3) is 0.407. The van der Waals surface area contributed by atoms with Crippen molar-refractivity contribution in [1.29, 1.82) is 0 Å². The monoisotopic (exact) mass is 502 g/mol. The van der Waals surface area contributed by atoms with Gasteiger partial charge in [0.25, 0.3) is 0 Å². The van der Waals surface area contributed by atoms with Crippen LogP contribution >= 0.6 is 0 Å². The van der Waals surface area contributed by atoms with Crippen molar-refractivity contribution < 1.29 is 9.26 Å². The molecule has 0 spiro atoms. The van der Waals surface area contributed by atoms with Gasteiger partial charge in [0, 0.05) is 18.2 Å². The van der Waals surface area contributed by atoms with E-state index in [1.807, 2.05) is 42.5 Å². The molecule has 0 radical (unpaired) electrons. The summed E-state index contributed by atoms with van der Waals surface area (Å²) in [4.78, 5) is 11.6. The largest absolute Gasteiger partial charge is 0.476 e. The molecule has 1 aliphatic rings. The third-order valence-corrected chi connectivity index (χ3v) is 6.51. The fourth-order valence-electron chi connectivity index (χ4n) is 4.42. The molecule has 10 nitrogen and oxygen atoms in total. The number of benzene rings is 1. The summed E-state index contributed by atoms with van der Waals surface area (Å²) in [7, 11) is 0. The second kappa shape index (κ2) is 11.4. The first-order valence-corrected chi connectivity index (χ1v) is 12.9. The molecule has 3 aromatic heterocycles. The highest BCUT2D eigenvalue weighted by molar-refractivity contribution is 5.77. The number of H-pyrrole nitrogens is 1. The molecule has 1 aromatic carbocycles. The topological polar surface area (TPSA) is 131 Å². The lowest BCUT2D eigenvalue weighted by atomic mass is 10.1. The minimum atomic E-state index is 0.277. The number of hydrogen-bond donors (Lipinski definition) is 3. The van der Waals surface area contributed by atoms with E-state index in [-0.39, 0.29) is 5.92 Å². The van der Waals surface area contributed by atoms with Crippen molar-refractivity contribution in [2.75, 3.05) is 37.3 Å². The van der Waals surface area contributed by atoms with Crippen LogP contribution in [0.5, 0.6) is 5.88 Å². The van der Waals surface area contributed by atoms with E-state index >= 15 is 0 Å². The molecule has 0 bridgehead atoms. The summed E-state index contributed by atoms with van der Waals surface area (Å²) in [5.41, 5.74) is 10.5. The molecular weight excluding hydrogens is 468 g/mol. The predicted octanol–water partition coefficient (Wildman–Crippen LogP) is 4.70. The summed E-state index contributed by atoms with van der Waals surface area (Å²) in [6.45, 7) is 8.10. The van der Waals surface area contributed by atoms with E-state index in [9.17, 15) is 0 Å². The summed E-state index contributed by atoms with van der Waals surface area (Å²) in [6, 6.07) is 13.8. The molecule has 0 amide bonds. The number of ether oxygens (including phenoxy) is 1. The summed E-state index contributed by atoms with van der Waals surface area (Å²) in [5.74, 6) is 2.03. The third-order valence-electron chi connectivity index (χ3n) is 6.51. The molecule has 1 fully saturated rings. The number of rotatable bonds is 10. The average Bonchev–Trinajstić information content (AvgIpc) is 3.59. The van der Waals surface area contributed by atoms with Crippen LogP contribution in [0.4, 0.5) is 11.8 Å². The quantitative estimate of drug-likeness (QED) is 0.282. The van der Waals surface area contributed by atoms with Crippen molar-refractivity contribution in [3.63, 3.8) is 0 Å². The molecule has 0 saturated carbocycles. The Kier molecular flexibility index (Phi) is 7.65. The van der Waals surface area contributed by atoms with Crippen LogP contribution in [0.25, 0.3) is 22.5 Å². The van der Waals surface area contributed by atoms with Crippen LogP contribution in [0.15, 0.2) is 47.0 Å². The Bertz CT molecular complexity index is 1290. The molecule has 4 N–H and O–H groups in total. The van der Waals surface area contributed by atoms with Crippen LogP contribution in [0, 0.1) is 0 Å². The number of nitrogens with zero attached hydrogens (tertiary/aromatic N) is 5. The molecule has 0 aliphatic carbocycles. The lowest BCUT2D eigenvalue weighted by Crippen LogP contribution is -2.33. The number of nitrogen functional groups attached to an aromatic ring is 1. The van der Waals surface area contributed by atoms with E-state index in [0.29, 0.717) is 42.1 Å². The van der Waals surface area contributed by atoms with Gasteiger partial charge in [-0.15, -0.1) is 0 Å². The summed E-state index contributed by atoms with van der Waals surface area (Å²) >= 11 is 0. The highest BCUT2D eigenvalue weighted by Gasteiger charge is 2.20. The normalized spacial score (nSPS) is 14.2. The van der Waals surface area contributed by atoms with Gasteiger partial charge in [-0.25, -0.2) is 0 Å². The molecular formula is C27H34N8O2.